The number of benzene rings is 6. The Bertz CT molecular complexity index is 4480. The molecule has 5 amide bonds. The Morgan fingerprint density at radius 3 is 1.31 bits per heavy atom. The second kappa shape index (κ2) is 55.6. The van der Waals surface area contributed by atoms with Crippen LogP contribution in [-0.4, -0.2) is 165 Å². The monoisotopic (exact) mass is 1730 g/mol. The number of unbranched alkanes of at least 4 members (excludes halogenated alkanes) is 5. The number of carbonyl (C=O) groups is 9. The molecule has 0 unspecified atom stereocenters. The van der Waals surface area contributed by atoms with Crippen LogP contribution in [0.3, 0.4) is 0 Å². The van der Waals surface area contributed by atoms with Crippen LogP contribution in [0.4, 0.5) is 13.2 Å². The first kappa shape index (κ1) is 103. The summed E-state index contributed by atoms with van der Waals surface area (Å²) < 4.78 is 116. The van der Waals surface area contributed by atoms with Gasteiger partial charge in [-0.05, 0) is 89.6 Å². The molecule has 7 rings (SSSR count). The summed E-state index contributed by atoms with van der Waals surface area (Å²) in [5.74, 6) is -7.86. The van der Waals surface area contributed by atoms with E-state index in [0.717, 1.165) is 23.1 Å². The summed E-state index contributed by atoms with van der Waals surface area (Å²) in [6, 6.07) is 42.5. The largest absolute Gasteiger partial charge is 0.471 e. The topological polar surface area (TPSA) is 483 Å². The van der Waals surface area contributed by atoms with Gasteiger partial charge in [-0.15, -0.1) is 5.06 Å². The number of hydrogen-bond donors (Lipinski definition) is 11. The van der Waals surface area contributed by atoms with E-state index in [0.29, 0.717) is 141 Å². The van der Waals surface area contributed by atoms with Crippen molar-refractivity contribution in [1.82, 2.24) is 30.5 Å². The van der Waals surface area contributed by atoms with Crippen LogP contribution in [-0.2, 0) is 138 Å². The zero-order chi connectivity index (χ0) is 87.9. The van der Waals surface area contributed by atoms with E-state index in [9.17, 15) is 73.2 Å². The summed E-state index contributed by atoms with van der Waals surface area (Å²) in [7, 11) is -4.73. The number of hydrogen-bond acceptors (Lipinski definition) is 22. The van der Waals surface area contributed by atoms with Crippen molar-refractivity contribution < 1.29 is 96.9 Å². The zero-order valence-electron chi connectivity index (χ0n) is 67.8. The number of nitrogens with one attached hydrogen (secondary N) is 7. The third-order valence-corrected chi connectivity index (χ3v) is 21.5. The van der Waals surface area contributed by atoms with Crippen molar-refractivity contribution in [2.24, 2.45) is 34.8 Å². The highest BCUT2D eigenvalue weighted by atomic mass is 32.2. The van der Waals surface area contributed by atoms with Crippen LogP contribution < -0.4 is 48.3 Å². The summed E-state index contributed by atoms with van der Waals surface area (Å²) in [6.45, 7) is 2.91. The van der Waals surface area contributed by atoms with Crippen LogP contribution in [0.25, 0.3) is 0 Å². The minimum absolute atomic E-state index is 0. The first-order valence-electron chi connectivity index (χ1n) is 39.5. The molecular formula is C86H117F3N12O18S2. The lowest BCUT2D eigenvalue weighted by Crippen LogP contribution is -2.43. The molecule has 0 aliphatic carbocycles. The number of nitrogens with zero attached hydrogens (tertiary/aromatic N) is 1. The summed E-state index contributed by atoms with van der Waals surface area (Å²) in [4.78, 5) is 117. The number of ketones is 3. The number of methoxy groups -OCH3 is 2. The molecule has 15 N–H and O–H groups in total. The molecule has 35 heteroatoms. The van der Waals surface area contributed by atoms with Gasteiger partial charge in [0.2, 0.25) is 31.9 Å². The number of Topliss-reactive ketones (excluding diaryl/α,β-unsaturated/α-hetero) is 3. The normalized spacial score (nSPS) is 13.0. The number of sulfonamides is 2. The number of carbonyl (C=O) groups excluding carboxylic acids is 9. The first-order valence-corrected chi connectivity index (χ1v) is 42.8. The number of ether oxygens (including phenoxy) is 4. The minimum Gasteiger partial charge on any atom is -0.384 e. The van der Waals surface area contributed by atoms with Gasteiger partial charge in [0.1, 0.15) is 17.5 Å². The van der Waals surface area contributed by atoms with Crippen LogP contribution in [0, 0.1) is 22.7 Å². The van der Waals surface area contributed by atoms with E-state index in [-0.39, 0.29) is 126 Å². The molecule has 1 saturated heterocycles. The van der Waals surface area contributed by atoms with Crippen molar-refractivity contribution in [3.8, 4) is 0 Å². The number of nitrogens with two attached hydrogens (primary N) is 4. The standard InChI is InChI=1S/C40H55N5O7S.C35H43F3N6O5S.C10H15NO6.CH4/c1-51-22-23-52-21-20-36(46)14-7-2-3-8-15-37(45-53(49,50)29-31-10-5-4-6-11-31)38(47)26-35(25-32-12-9-13-33(24-32)27-41)40(48)44-28-30-16-18-34(19-17-30)39(42)43;36-35(37,38)34(47)43-22-27-11-7-10-26(18-27)19-29(33(46)42-21-24-13-15-28(16-14-24)32(40)41)20-31(45)30(12-5-2-6-17-39)44-50(48,49)23-25-8-3-1-4-9-25;1-15-6-7-16-5-4-10(14)17-11-8(12)2-3-9(11)13;/h4-6,9-13,16-19,24,35,37,45H,2-3,7-8,14-15,20-23,25-29,41H2,1H3,(H3,42,43)(H,44,48);1,3-4,7-11,13-16,18,29-30,44H,2,5-6,12,17,19-23,39H2,(H3,40,41)(H,42,46)(H,43,47);2-7H2,1H3;1H4/t35-,37-;29-,30-;;/m11../s1. The fourth-order valence-corrected chi connectivity index (χ4v) is 15.1. The van der Waals surface area contributed by atoms with E-state index < -0.39 is 92.1 Å². The quantitative estimate of drug-likeness (QED) is 0.00741. The van der Waals surface area contributed by atoms with Crippen molar-refractivity contribution in [2.75, 3.05) is 60.4 Å². The Morgan fingerprint density at radius 2 is 0.884 bits per heavy atom. The van der Waals surface area contributed by atoms with Crippen molar-refractivity contribution in [2.45, 2.75) is 179 Å². The molecule has 1 fully saturated rings. The molecule has 1 aliphatic heterocycles. The molecule has 4 atom stereocenters. The number of amides is 5. The molecule has 0 spiro atoms. The highest BCUT2D eigenvalue weighted by molar-refractivity contribution is 7.89. The Kier molecular flexibility index (Phi) is 47.3. The lowest BCUT2D eigenvalue weighted by Gasteiger charge is -2.22. The van der Waals surface area contributed by atoms with Crippen molar-refractivity contribution in [3.63, 3.8) is 0 Å². The second-order valence-electron chi connectivity index (χ2n) is 28.5. The van der Waals surface area contributed by atoms with Gasteiger partial charge in [-0.3, -0.25) is 49.2 Å². The van der Waals surface area contributed by atoms with E-state index in [1.807, 2.05) is 29.6 Å². The number of nitrogen functional groups attached to an aromatic ring is 2. The van der Waals surface area contributed by atoms with E-state index >= 15 is 0 Å². The predicted octanol–water partition coefficient (Wildman–Crippen LogP) is 8.19. The van der Waals surface area contributed by atoms with Gasteiger partial charge in [0.05, 0.1) is 69.7 Å². The van der Waals surface area contributed by atoms with Gasteiger partial charge < -0.3 is 62.7 Å². The molecule has 30 nitrogen and oxygen atoms in total. The first-order chi connectivity index (χ1) is 57.3. The third-order valence-electron chi connectivity index (χ3n) is 18.7. The molecule has 0 bridgehead atoms. The maximum atomic E-state index is 14.0. The molecular weight excluding hydrogens is 1610 g/mol. The molecule has 0 radical (unpaired) electrons. The smallest absolute Gasteiger partial charge is 0.384 e. The SMILES string of the molecule is C.COCCOCCC(=O)CCCCCC[C@@H](NS(=O)(=O)Cc1ccccc1)C(=O)C[C@@H](Cc1cccc(CN)c1)C(=O)NCc1ccc(C(=N)N)cc1.COCCOCCC(=O)ON1C(=O)CCC1=O.N=C(N)c1ccc(CNC(=O)[C@@H](CC(=O)[C@@H](CCCCCN)NS(=O)(=O)Cc2ccccc2)Cc2cccc(CNC(=O)C(F)(F)F)c2)cc1. The number of rotatable bonds is 54. The van der Waals surface area contributed by atoms with Crippen LogP contribution in [0.2, 0.25) is 0 Å². The van der Waals surface area contributed by atoms with Gasteiger partial charge in [0.25, 0.3) is 11.8 Å². The average molecular weight is 1730 g/mol. The number of alkyl halides is 3. The minimum atomic E-state index is -5.04. The maximum absolute atomic E-state index is 14.0. The number of halogens is 3. The van der Waals surface area contributed by atoms with Gasteiger partial charge >= 0.3 is 18.1 Å². The van der Waals surface area contributed by atoms with E-state index in [1.165, 1.54) is 12.1 Å². The molecule has 6 aromatic rings. The summed E-state index contributed by atoms with van der Waals surface area (Å²) in [6.07, 6.45) is 0.689. The summed E-state index contributed by atoms with van der Waals surface area (Å²) in [5, 5.41) is 23.3. The molecule has 662 valence electrons. The molecule has 121 heavy (non-hydrogen) atoms. The van der Waals surface area contributed by atoms with E-state index in [1.54, 1.807) is 136 Å². The Hall–Kier alpha value is -10.3. The lowest BCUT2D eigenvalue weighted by molar-refractivity contribution is -0.198. The van der Waals surface area contributed by atoms with Crippen molar-refractivity contribution in [1.29, 1.82) is 10.8 Å². The van der Waals surface area contributed by atoms with Crippen molar-refractivity contribution >= 4 is 84.6 Å². The molecule has 1 heterocycles. The highest BCUT2D eigenvalue weighted by Gasteiger charge is 2.39. The fourth-order valence-electron chi connectivity index (χ4n) is 12.3. The highest BCUT2D eigenvalue weighted by Crippen LogP contribution is 2.24. The average Bonchev–Trinajstić information content (AvgIpc) is 1.49. The molecule has 0 aromatic heterocycles. The summed E-state index contributed by atoms with van der Waals surface area (Å²) >= 11 is 0. The molecule has 0 saturated carbocycles. The van der Waals surface area contributed by atoms with Crippen LogP contribution in [0.1, 0.15) is 166 Å². The van der Waals surface area contributed by atoms with Crippen molar-refractivity contribution in [3.05, 3.63) is 213 Å². The number of imide groups is 1. The van der Waals surface area contributed by atoms with Crippen LogP contribution in [0.5, 0.6) is 0 Å². The zero-order valence-corrected chi connectivity index (χ0v) is 69.4. The van der Waals surface area contributed by atoms with Gasteiger partial charge in [0.15, 0.2) is 11.6 Å². The van der Waals surface area contributed by atoms with E-state index in [2.05, 4.69) is 24.9 Å². The van der Waals surface area contributed by atoms with Gasteiger partial charge in [-0.1, -0.05) is 197 Å². The van der Waals surface area contributed by atoms with Gasteiger partial charge in [0, 0.05) is 102 Å². The molecule has 6 aromatic carbocycles. The van der Waals surface area contributed by atoms with Crippen LogP contribution in [0.15, 0.2) is 158 Å². The molecule has 1 aliphatic rings. The van der Waals surface area contributed by atoms with Gasteiger partial charge in [-0.25, -0.2) is 31.1 Å². The van der Waals surface area contributed by atoms with Gasteiger partial charge in [-0.2, -0.15) is 13.2 Å². The van der Waals surface area contributed by atoms with Crippen LogP contribution >= 0.6 is 0 Å². The number of hydroxylamine groups is 2. The van der Waals surface area contributed by atoms with E-state index in [4.69, 9.17) is 52.7 Å². The fraction of sp³-hybridized carbons (Fsp3) is 0.453. The Balaban J connectivity index is 0.000000423. The Morgan fingerprint density at radius 1 is 0.479 bits per heavy atom. The summed E-state index contributed by atoms with van der Waals surface area (Å²) in [5.41, 5.74) is 28.8. The third kappa shape index (κ3) is 41.7. The maximum Gasteiger partial charge on any atom is 0.471 e. The Labute approximate surface area is 706 Å². The lowest BCUT2D eigenvalue weighted by atomic mass is 9.89. The second-order valence-corrected chi connectivity index (χ2v) is 32.0. The number of amidine groups is 2. The predicted molar refractivity (Wildman–Crippen MR) is 452 cm³/mol.